The third-order valence-electron chi connectivity index (χ3n) is 2.13. The number of esters is 1. The number of carbonyl (C=O) groups excluding carboxylic acids is 1. The van der Waals surface area contributed by atoms with Crippen LogP contribution in [0.2, 0.25) is 0 Å². The number of benzene rings is 1. The number of nitrogens with two attached hydrogens (primary N) is 1. The summed E-state index contributed by atoms with van der Waals surface area (Å²) in [6.07, 6.45) is 0.367. The maximum Gasteiger partial charge on any atom is 0.344 e. The van der Waals surface area contributed by atoms with E-state index in [1.165, 1.54) is 0 Å². The lowest BCUT2D eigenvalue weighted by molar-refractivity contribution is -0.145. The van der Waals surface area contributed by atoms with Crippen LogP contribution in [0.5, 0.6) is 5.75 Å². The lowest BCUT2D eigenvalue weighted by atomic mass is 10.1. The van der Waals surface area contributed by atoms with Crippen LogP contribution in [0.1, 0.15) is 12.5 Å². The van der Waals surface area contributed by atoms with Crippen molar-refractivity contribution < 1.29 is 23.0 Å². The zero-order valence-corrected chi connectivity index (χ0v) is 10.0. The summed E-state index contributed by atoms with van der Waals surface area (Å²) in [4.78, 5) is 11.0. The Kier molecular flexibility index (Phi) is 5.51. The smallest absolute Gasteiger partial charge is 0.344 e. The molecular weight excluding hydrogens is 244 g/mol. The van der Waals surface area contributed by atoms with Gasteiger partial charge in [0.25, 0.3) is 0 Å². The monoisotopic (exact) mass is 259 g/mol. The second-order valence-electron chi connectivity index (χ2n) is 3.52. The van der Waals surface area contributed by atoms with Crippen LogP contribution in [-0.4, -0.2) is 25.7 Å². The molecule has 0 bridgehead atoms. The van der Waals surface area contributed by atoms with Gasteiger partial charge in [0.15, 0.2) is 24.0 Å². The highest BCUT2D eigenvalue weighted by Gasteiger charge is 2.14. The van der Waals surface area contributed by atoms with Crippen LogP contribution in [0.15, 0.2) is 12.1 Å². The average molecular weight is 259 g/mol. The molecule has 0 fully saturated rings. The summed E-state index contributed by atoms with van der Waals surface area (Å²) >= 11 is 0. The fourth-order valence-corrected chi connectivity index (χ4v) is 1.40. The van der Waals surface area contributed by atoms with Crippen LogP contribution in [-0.2, 0) is 16.0 Å². The quantitative estimate of drug-likeness (QED) is 0.785. The van der Waals surface area contributed by atoms with Gasteiger partial charge in [-0.3, -0.25) is 0 Å². The molecule has 0 saturated carbocycles. The number of hydrogen-bond donors (Lipinski definition) is 1. The standard InChI is InChI=1S/C12H15F2NO3/c1-2-17-11(16)7-18-12-9(13)5-8(3-4-15)6-10(12)14/h5-6H,2-4,7,15H2,1H3. The molecule has 0 saturated heterocycles. The molecule has 100 valence electrons. The SMILES string of the molecule is CCOC(=O)COc1c(F)cc(CCN)cc1F. The Morgan fingerprint density at radius 3 is 2.44 bits per heavy atom. The van der Waals surface area contributed by atoms with Crippen molar-refractivity contribution in [2.75, 3.05) is 19.8 Å². The van der Waals surface area contributed by atoms with Gasteiger partial charge in [-0.15, -0.1) is 0 Å². The predicted octanol–water partition coefficient (Wildman–Crippen LogP) is 1.41. The molecule has 1 aromatic rings. The Hall–Kier alpha value is -1.69. The van der Waals surface area contributed by atoms with Crippen LogP contribution in [0.3, 0.4) is 0 Å². The summed E-state index contributed by atoms with van der Waals surface area (Å²) in [6, 6.07) is 2.27. The van der Waals surface area contributed by atoms with Gasteiger partial charge in [-0.1, -0.05) is 0 Å². The minimum absolute atomic E-state index is 0.183. The third-order valence-corrected chi connectivity index (χ3v) is 2.13. The van der Waals surface area contributed by atoms with E-state index in [0.29, 0.717) is 18.5 Å². The first-order valence-corrected chi connectivity index (χ1v) is 5.54. The number of halogens is 2. The van der Waals surface area contributed by atoms with Crippen molar-refractivity contribution >= 4 is 5.97 Å². The molecule has 0 amide bonds. The molecule has 0 spiro atoms. The second kappa shape index (κ2) is 6.90. The highest BCUT2D eigenvalue weighted by atomic mass is 19.1. The van der Waals surface area contributed by atoms with Gasteiger partial charge in [-0.25, -0.2) is 13.6 Å². The minimum atomic E-state index is -0.859. The first-order valence-electron chi connectivity index (χ1n) is 5.54. The van der Waals surface area contributed by atoms with Gasteiger partial charge < -0.3 is 15.2 Å². The molecule has 0 unspecified atom stereocenters. The lowest BCUT2D eigenvalue weighted by Crippen LogP contribution is -2.16. The molecule has 1 aromatic carbocycles. The largest absolute Gasteiger partial charge is 0.476 e. The fourth-order valence-electron chi connectivity index (χ4n) is 1.40. The van der Waals surface area contributed by atoms with Crippen LogP contribution >= 0.6 is 0 Å². The number of rotatable bonds is 6. The second-order valence-corrected chi connectivity index (χ2v) is 3.52. The summed E-state index contributed by atoms with van der Waals surface area (Å²) in [7, 11) is 0. The van der Waals surface area contributed by atoms with Gasteiger partial charge >= 0.3 is 5.97 Å². The van der Waals surface area contributed by atoms with E-state index >= 15 is 0 Å². The van der Waals surface area contributed by atoms with Gasteiger partial charge in [0.1, 0.15) is 0 Å². The van der Waals surface area contributed by atoms with Gasteiger partial charge in [-0.2, -0.15) is 0 Å². The van der Waals surface area contributed by atoms with Crippen molar-refractivity contribution in [1.29, 1.82) is 0 Å². The topological polar surface area (TPSA) is 61.5 Å². The maximum absolute atomic E-state index is 13.5. The summed E-state index contributed by atoms with van der Waals surface area (Å²) < 4.78 is 36.4. The molecular formula is C12H15F2NO3. The molecule has 0 atom stereocenters. The fraction of sp³-hybridized carbons (Fsp3) is 0.417. The first kappa shape index (κ1) is 14.4. The van der Waals surface area contributed by atoms with Crippen molar-refractivity contribution in [2.24, 2.45) is 5.73 Å². The molecule has 2 N–H and O–H groups in total. The number of carbonyl (C=O) groups is 1. The van der Waals surface area contributed by atoms with Gasteiger partial charge in [0, 0.05) is 0 Å². The minimum Gasteiger partial charge on any atom is -0.476 e. The molecule has 0 aliphatic rings. The van der Waals surface area contributed by atoms with E-state index in [-0.39, 0.29) is 6.61 Å². The molecule has 6 heteroatoms. The molecule has 0 aliphatic carbocycles. The Labute approximate surface area is 104 Å². The summed E-state index contributed by atoms with van der Waals surface area (Å²) in [5.74, 6) is -2.98. The average Bonchev–Trinajstić information content (AvgIpc) is 2.28. The lowest BCUT2D eigenvalue weighted by Gasteiger charge is -2.09. The molecule has 0 aliphatic heterocycles. The Balaban J connectivity index is 2.74. The maximum atomic E-state index is 13.5. The zero-order chi connectivity index (χ0) is 13.5. The van der Waals surface area contributed by atoms with Crippen LogP contribution < -0.4 is 10.5 Å². The van der Waals surface area contributed by atoms with Crippen molar-refractivity contribution in [3.63, 3.8) is 0 Å². The molecule has 18 heavy (non-hydrogen) atoms. The zero-order valence-electron chi connectivity index (χ0n) is 10.0. The molecule has 0 heterocycles. The molecule has 0 radical (unpaired) electrons. The Bertz CT molecular complexity index is 401. The highest BCUT2D eigenvalue weighted by Crippen LogP contribution is 2.23. The highest BCUT2D eigenvalue weighted by molar-refractivity contribution is 5.71. The number of hydrogen-bond acceptors (Lipinski definition) is 4. The van der Waals surface area contributed by atoms with E-state index in [1.807, 2.05) is 0 Å². The third kappa shape index (κ3) is 3.96. The van der Waals surface area contributed by atoms with E-state index in [9.17, 15) is 13.6 Å². The van der Waals surface area contributed by atoms with E-state index < -0.39 is 30.0 Å². The van der Waals surface area contributed by atoms with E-state index in [1.54, 1.807) is 6.92 Å². The van der Waals surface area contributed by atoms with Gasteiger partial charge in [0.2, 0.25) is 0 Å². The summed E-state index contributed by atoms with van der Waals surface area (Å²) in [5.41, 5.74) is 5.73. The molecule has 4 nitrogen and oxygen atoms in total. The van der Waals surface area contributed by atoms with Crippen LogP contribution in [0, 0.1) is 11.6 Å². The normalized spacial score (nSPS) is 10.2. The van der Waals surface area contributed by atoms with Crippen molar-refractivity contribution in [2.45, 2.75) is 13.3 Å². The van der Waals surface area contributed by atoms with Gasteiger partial charge in [0.05, 0.1) is 6.61 Å². The number of ether oxygens (including phenoxy) is 2. The van der Waals surface area contributed by atoms with Crippen LogP contribution in [0.4, 0.5) is 8.78 Å². The van der Waals surface area contributed by atoms with Crippen LogP contribution in [0.25, 0.3) is 0 Å². The first-order chi connectivity index (χ1) is 8.58. The van der Waals surface area contributed by atoms with Crippen molar-refractivity contribution in [3.05, 3.63) is 29.3 Å². The Morgan fingerprint density at radius 1 is 1.33 bits per heavy atom. The van der Waals surface area contributed by atoms with Crippen molar-refractivity contribution in [1.82, 2.24) is 0 Å². The van der Waals surface area contributed by atoms with E-state index in [0.717, 1.165) is 12.1 Å². The van der Waals surface area contributed by atoms with E-state index in [2.05, 4.69) is 4.74 Å². The molecule has 1 rings (SSSR count). The summed E-state index contributed by atoms with van der Waals surface area (Å²) in [5, 5.41) is 0. The predicted molar refractivity (Wildman–Crippen MR) is 61.2 cm³/mol. The molecule has 0 aromatic heterocycles. The van der Waals surface area contributed by atoms with Crippen molar-refractivity contribution in [3.8, 4) is 5.75 Å². The summed E-state index contributed by atoms with van der Waals surface area (Å²) in [6.45, 7) is 1.57. The van der Waals surface area contributed by atoms with E-state index in [4.69, 9.17) is 10.5 Å². The Morgan fingerprint density at radius 2 is 1.94 bits per heavy atom. The van der Waals surface area contributed by atoms with Gasteiger partial charge in [-0.05, 0) is 37.6 Å².